The van der Waals surface area contributed by atoms with Gasteiger partial charge >= 0.3 is 0 Å². The van der Waals surface area contributed by atoms with Crippen LogP contribution in [-0.4, -0.2) is 29.6 Å². The molecular weight excluding hydrogens is 254 g/mol. The lowest BCUT2D eigenvalue weighted by Crippen LogP contribution is -2.36. The van der Waals surface area contributed by atoms with Crippen LogP contribution >= 0.6 is 0 Å². The Balaban J connectivity index is 2.80. The molecule has 0 saturated carbocycles. The summed E-state index contributed by atoms with van der Waals surface area (Å²) in [5.74, 6) is 2.67. The highest BCUT2D eigenvalue weighted by Gasteiger charge is 2.17. The third-order valence-electron chi connectivity index (χ3n) is 2.62. The number of pyridine rings is 1. The van der Waals surface area contributed by atoms with Gasteiger partial charge in [0.15, 0.2) is 6.10 Å². The van der Waals surface area contributed by atoms with Crippen molar-refractivity contribution in [1.29, 1.82) is 0 Å². The van der Waals surface area contributed by atoms with Crippen LogP contribution in [0.4, 0.5) is 0 Å². The molecule has 20 heavy (non-hydrogen) atoms. The minimum Gasteiger partial charge on any atom is -0.479 e. The quantitative estimate of drug-likeness (QED) is 0.753. The van der Waals surface area contributed by atoms with Gasteiger partial charge in [-0.2, -0.15) is 0 Å². The monoisotopic (exact) mass is 275 g/mol. The summed E-state index contributed by atoms with van der Waals surface area (Å²) in [5.41, 5.74) is 7.45. The summed E-state index contributed by atoms with van der Waals surface area (Å²) in [7, 11) is 0. The van der Waals surface area contributed by atoms with Crippen LogP contribution in [0.2, 0.25) is 0 Å². The first-order valence-electron chi connectivity index (χ1n) is 6.54. The number of carbonyl (C=O) groups is 1. The molecule has 2 unspecified atom stereocenters. The largest absolute Gasteiger partial charge is 0.479 e. The second-order valence-electron chi connectivity index (χ2n) is 4.76. The molecule has 1 amide bonds. The van der Waals surface area contributed by atoms with Gasteiger partial charge in [0.2, 0.25) is 0 Å². The van der Waals surface area contributed by atoms with E-state index in [4.69, 9.17) is 16.9 Å². The fourth-order valence-corrected chi connectivity index (χ4v) is 1.68. The minimum absolute atomic E-state index is 0.0303. The molecular formula is C15H21N3O2. The van der Waals surface area contributed by atoms with Crippen LogP contribution in [-0.2, 0) is 11.2 Å². The number of aromatic nitrogens is 1. The molecule has 1 heterocycles. The van der Waals surface area contributed by atoms with Crippen LogP contribution < -0.4 is 15.8 Å². The van der Waals surface area contributed by atoms with Crippen LogP contribution in [0, 0.1) is 19.3 Å². The molecule has 1 rings (SSSR count). The van der Waals surface area contributed by atoms with E-state index >= 15 is 0 Å². The van der Waals surface area contributed by atoms with Gasteiger partial charge in [0.25, 0.3) is 5.91 Å². The number of terminal acetylenes is 1. The Bertz CT molecular complexity index is 506. The van der Waals surface area contributed by atoms with E-state index in [2.05, 4.69) is 16.2 Å². The van der Waals surface area contributed by atoms with Gasteiger partial charge in [-0.05, 0) is 32.9 Å². The molecule has 0 spiro atoms. The van der Waals surface area contributed by atoms with Gasteiger partial charge in [-0.25, -0.2) is 0 Å². The summed E-state index contributed by atoms with van der Waals surface area (Å²) in [6, 6.07) is 3.62. The zero-order valence-electron chi connectivity index (χ0n) is 12.1. The van der Waals surface area contributed by atoms with Crippen molar-refractivity contribution >= 4 is 5.91 Å². The van der Waals surface area contributed by atoms with Crippen molar-refractivity contribution in [2.24, 2.45) is 5.73 Å². The minimum atomic E-state index is -0.639. The number of rotatable bonds is 6. The normalized spacial score (nSPS) is 13.2. The third-order valence-corrected chi connectivity index (χ3v) is 2.62. The predicted molar refractivity (Wildman–Crippen MR) is 78.3 cm³/mol. The molecule has 3 N–H and O–H groups in total. The van der Waals surface area contributed by atoms with E-state index in [1.807, 2.05) is 26.0 Å². The number of hydrogen-bond acceptors (Lipinski definition) is 4. The Hall–Kier alpha value is -2.06. The van der Waals surface area contributed by atoms with E-state index in [9.17, 15) is 4.79 Å². The van der Waals surface area contributed by atoms with Crippen molar-refractivity contribution in [3.8, 4) is 18.1 Å². The van der Waals surface area contributed by atoms with E-state index in [1.54, 1.807) is 6.92 Å². The van der Waals surface area contributed by atoms with Gasteiger partial charge in [0, 0.05) is 18.2 Å². The van der Waals surface area contributed by atoms with Crippen LogP contribution in [0.5, 0.6) is 5.75 Å². The number of carbonyl (C=O) groups excluding carboxylic acids is 1. The van der Waals surface area contributed by atoms with Crippen molar-refractivity contribution in [1.82, 2.24) is 10.3 Å². The molecule has 1 aromatic rings. The van der Waals surface area contributed by atoms with Gasteiger partial charge < -0.3 is 15.8 Å². The van der Waals surface area contributed by atoms with Gasteiger partial charge in [-0.1, -0.05) is 5.92 Å². The summed E-state index contributed by atoms with van der Waals surface area (Å²) in [5, 5.41) is 2.58. The number of nitrogens with zero attached hydrogens (tertiary/aromatic N) is 1. The van der Waals surface area contributed by atoms with Gasteiger partial charge in [-0.3, -0.25) is 9.78 Å². The van der Waals surface area contributed by atoms with Crippen molar-refractivity contribution < 1.29 is 9.53 Å². The van der Waals surface area contributed by atoms with Crippen LogP contribution in [0.25, 0.3) is 0 Å². The Morgan fingerprint density at radius 1 is 1.55 bits per heavy atom. The van der Waals surface area contributed by atoms with Crippen LogP contribution in [0.15, 0.2) is 12.1 Å². The summed E-state index contributed by atoms with van der Waals surface area (Å²) in [6.07, 6.45) is 5.05. The molecule has 0 aliphatic heterocycles. The van der Waals surface area contributed by atoms with Gasteiger partial charge in [0.1, 0.15) is 5.75 Å². The number of amides is 1. The Morgan fingerprint density at radius 2 is 2.25 bits per heavy atom. The zero-order valence-corrected chi connectivity index (χ0v) is 12.1. The molecule has 0 saturated heterocycles. The molecule has 1 aromatic heterocycles. The third kappa shape index (κ3) is 4.90. The second kappa shape index (κ2) is 7.51. The number of nitrogens with two attached hydrogens (primary N) is 1. The van der Waals surface area contributed by atoms with Crippen molar-refractivity contribution in [3.05, 3.63) is 23.5 Å². The van der Waals surface area contributed by atoms with Crippen molar-refractivity contribution in [2.45, 2.75) is 39.3 Å². The van der Waals surface area contributed by atoms with E-state index in [0.717, 1.165) is 11.4 Å². The molecule has 0 aliphatic rings. The molecule has 0 fully saturated rings. The highest BCUT2D eigenvalue weighted by Crippen LogP contribution is 2.19. The molecule has 0 bridgehead atoms. The summed E-state index contributed by atoms with van der Waals surface area (Å²) < 4.78 is 5.66. The van der Waals surface area contributed by atoms with E-state index in [1.165, 1.54) is 0 Å². The SMILES string of the molecule is C#CCNC(=O)C(C)Oc1ccc(C)nc1CC(C)N. The highest BCUT2D eigenvalue weighted by atomic mass is 16.5. The second-order valence-corrected chi connectivity index (χ2v) is 4.76. The molecule has 0 aromatic carbocycles. The maximum Gasteiger partial charge on any atom is 0.261 e. The number of nitrogens with one attached hydrogen (secondary N) is 1. The Labute approximate surface area is 119 Å². The summed E-state index contributed by atoms with van der Waals surface area (Å²) in [4.78, 5) is 16.1. The lowest BCUT2D eigenvalue weighted by atomic mass is 10.1. The smallest absolute Gasteiger partial charge is 0.261 e. The number of ether oxygens (including phenoxy) is 1. The highest BCUT2D eigenvalue weighted by molar-refractivity contribution is 5.80. The predicted octanol–water partition coefficient (Wildman–Crippen LogP) is 0.796. The molecule has 108 valence electrons. The maximum atomic E-state index is 11.7. The van der Waals surface area contributed by atoms with E-state index < -0.39 is 6.10 Å². The fourth-order valence-electron chi connectivity index (χ4n) is 1.68. The first kappa shape index (κ1) is 16.0. The average Bonchev–Trinajstić information content (AvgIpc) is 2.38. The van der Waals surface area contributed by atoms with Crippen molar-refractivity contribution in [3.63, 3.8) is 0 Å². The number of hydrogen-bond donors (Lipinski definition) is 2. The lowest BCUT2D eigenvalue weighted by molar-refractivity contribution is -0.127. The molecule has 5 nitrogen and oxygen atoms in total. The topological polar surface area (TPSA) is 77.2 Å². The molecule has 2 atom stereocenters. The lowest BCUT2D eigenvalue weighted by Gasteiger charge is -2.17. The fraction of sp³-hybridized carbons (Fsp3) is 0.467. The standard InChI is InChI=1S/C15H21N3O2/c1-5-8-17-15(19)12(4)20-14-7-6-11(3)18-13(14)9-10(2)16/h1,6-7,10,12H,8-9,16H2,2-4H3,(H,17,19). The summed E-state index contributed by atoms with van der Waals surface area (Å²) in [6.45, 7) is 5.65. The summed E-state index contributed by atoms with van der Waals surface area (Å²) >= 11 is 0. The Kier molecular flexibility index (Phi) is 6.01. The van der Waals surface area contributed by atoms with Crippen LogP contribution in [0.3, 0.4) is 0 Å². The van der Waals surface area contributed by atoms with E-state index in [0.29, 0.717) is 12.2 Å². The Morgan fingerprint density at radius 3 is 2.85 bits per heavy atom. The van der Waals surface area contributed by atoms with Crippen LogP contribution in [0.1, 0.15) is 25.2 Å². The molecule has 5 heteroatoms. The maximum absolute atomic E-state index is 11.7. The average molecular weight is 275 g/mol. The zero-order chi connectivity index (χ0) is 15.1. The van der Waals surface area contributed by atoms with Gasteiger partial charge in [-0.15, -0.1) is 6.42 Å². The first-order valence-corrected chi connectivity index (χ1v) is 6.54. The van der Waals surface area contributed by atoms with Crippen molar-refractivity contribution in [2.75, 3.05) is 6.54 Å². The number of aryl methyl sites for hydroxylation is 1. The first-order chi connectivity index (χ1) is 9.43. The van der Waals surface area contributed by atoms with Gasteiger partial charge in [0.05, 0.1) is 12.2 Å². The molecule has 0 aliphatic carbocycles. The molecule has 0 radical (unpaired) electrons. The van der Waals surface area contributed by atoms with E-state index in [-0.39, 0.29) is 18.5 Å².